The number of aromatic nitrogens is 1. The monoisotopic (exact) mass is 254 g/mol. The van der Waals surface area contributed by atoms with Crippen LogP contribution in [0.25, 0.3) is 0 Å². The maximum Gasteiger partial charge on any atom is 0.113 e. The Morgan fingerprint density at radius 3 is 2.94 bits per heavy atom. The summed E-state index contributed by atoms with van der Waals surface area (Å²) in [5.41, 5.74) is 1.31. The fraction of sp³-hybridized carbons (Fsp3) is 0.769. The van der Waals surface area contributed by atoms with Crippen LogP contribution in [0.2, 0.25) is 0 Å². The topological polar surface area (TPSA) is 34.1 Å². The van der Waals surface area contributed by atoms with Gasteiger partial charge in [0, 0.05) is 18.6 Å². The molecule has 96 valence electrons. The summed E-state index contributed by atoms with van der Waals surface area (Å²) in [6.45, 7) is 6.12. The fourth-order valence-electron chi connectivity index (χ4n) is 2.39. The minimum Gasteiger partial charge on any atom is -0.385 e. The van der Waals surface area contributed by atoms with Crippen molar-refractivity contribution in [2.75, 3.05) is 20.3 Å². The molecule has 0 saturated carbocycles. The normalized spacial score (nSPS) is 18.1. The maximum atomic E-state index is 5.22. The van der Waals surface area contributed by atoms with E-state index in [9.17, 15) is 0 Å². The molecule has 1 aliphatic carbocycles. The molecule has 4 heteroatoms. The number of aryl methyl sites for hydroxylation is 2. The highest BCUT2D eigenvalue weighted by Crippen LogP contribution is 2.34. The zero-order chi connectivity index (χ0) is 12.3. The number of fused-ring (bicyclic) bond motifs is 1. The lowest BCUT2D eigenvalue weighted by Gasteiger charge is -2.28. The van der Waals surface area contributed by atoms with E-state index in [2.05, 4.69) is 19.2 Å². The van der Waals surface area contributed by atoms with Crippen molar-refractivity contribution in [2.45, 2.75) is 45.1 Å². The van der Waals surface area contributed by atoms with E-state index in [0.717, 1.165) is 26.0 Å². The molecule has 1 aliphatic rings. The second kappa shape index (κ2) is 5.46. The third-order valence-corrected chi connectivity index (χ3v) is 4.86. The molecule has 0 fully saturated rings. The van der Waals surface area contributed by atoms with Crippen LogP contribution >= 0.6 is 11.3 Å². The minimum atomic E-state index is -0.0280. The van der Waals surface area contributed by atoms with E-state index in [0.29, 0.717) is 0 Å². The molecule has 0 saturated heterocycles. The molecule has 1 unspecified atom stereocenters. The molecule has 0 bridgehead atoms. The Labute approximate surface area is 108 Å². The lowest BCUT2D eigenvalue weighted by atomic mass is 9.99. The number of ether oxygens (including phenoxy) is 1. The highest BCUT2D eigenvalue weighted by atomic mass is 32.1. The summed E-state index contributed by atoms with van der Waals surface area (Å²) in [5.74, 6) is 0. The van der Waals surface area contributed by atoms with E-state index in [1.165, 1.54) is 28.4 Å². The zero-order valence-corrected chi connectivity index (χ0v) is 11.8. The first-order valence-corrected chi connectivity index (χ1v) is 7.24. The van der Waals surface area contributed by atoms with Crippen molar-refractivity contribution in [3.8, 4) is 0 Å². The van der Waals surface area contributed by atoms with Gasteiger partial charge in [-0.25, -0.2) is 4.98 Å². The third-order valence-electron chi connectivity index (χ3n) is 3.44. The zero-order valence-electron chi connectivity index (χ0n) is 11.0. The summed E-state index contributed by atoms with van der Waals surface area (Å²) in [5, 5.41) is 4.80. The number of nitrogens with zero attached hydrogens (tertiary/aromatic N) is 1. The Morgan fingerprint density at radius 2 is 2.29 bits per heavy atom. The Hall–Kier alpha value is -0.450. The van der Waals surface area contributed by atoms with E-state index in [-0.39, 0.29) is 5.54 Å². The highest BCUT2D eigenvalue weighted by molar-refractivity contribution is 7.12. The number of thiazole rings is 1. The Kier molecular flexibility index (Phi) is 4.17. The molecule has 3 nitrogen and oxygen atoms in total. The summed E-state index contributed by atoms with van der Waals surface area (Å²) >= 11 is 1.89. The van der Waals surface area contributed by atoms with Crippen LogP contribution in [0.5, 0.6) is 0 Å². The van der Waals surface area contributed by atoms with E-state index in [1.54, 1.807) is 7.11 Å². The number of hydrogen-bond donors (Lipinski definition) is 1. The first-order valence-electron chi connectivity index (χ1n) is 6.42. The quantitative estimate of drug-likeness (QED) is 0.847. The molecular weight excluding hydrogens is 232 g/mol. The molecule has 1 N–H and O–H groups in total. The second-order valence-corrected chi connectivity index (χ2v) is 5.93. The maximum absolute atomic E-state index is 5.22. The van der Waals surface area contributed by atoms with Gasteiger partial charge in [0.25, 0.3) is 0 Å². The first kappa shape index (κ1) is 13.0. The molecule has 17 heavy (non-hydrogen) atoms. The predicted molar refractivity (Wildman–Crippen MR) is 71.7 cm³/mol. The first-order chi connectivity index (χ1) is 8.19. The van der Waals surface area contributed by atoms with Crippen molar-refractivity contribution in [3.05, 3.63) is 15.6 Å². The van der Waals surface area contributed by atoms with Crippen LogP contribution < -0.4 is 5.32 Å². The van der Waals surface area contributed by atoms with Crippen molar-refractivity contribution < 1.29 is 4.74 Å². The van der Waals surface area contributed by atoms with E-state index in [4.69, 9.17) is 9.72 Å². The molecule has 1 atom stereocenters. The lowest BCUT2D eigenvalue weighted by Crippen LogP contribution is -2.40. The van der Waals surface area contributed by atoms with E-state index in [1.807, 2.05) is 11.3 Å². The van der Waals surface area contributed by atoms with Crippen molar-refractivity contribution in [1.29, 1.82) is 0 Å². The summed E-state index contributed by atoms with van der Waals surface area (Å²) < 4.78 is 5.22. The van der Waals surface area contributed by atoms with Gasteiger partial charge in [0.05, 0.1) is 11.2 Å². The van der Waals surface area contributed by atoms with Gasteiger partial charge in [-0.2, -0.15) is 0 Å². The molecule has 2 rings (SSSR count). The van der Waals surface area contributed by atoms with Gasteiger partial charge in [-0.1, -0.05) is 6.92 Å². The van der Waals surface area contributed by atoms with Crippen molar-refractivity contribution in [2.24, 2.45) is 0 Å². The van der Waals surface area contributed by atoms with Gasteiger partial charge in [0.1, 0.15) is 5.01 Å². The van der Waals surface area contributed by atoms with Crippen LogP contribution in [0.1, 0.15) is 42.3 Å². The second-order valence-electron chi connectivity index (χ2n) is 4.85. The van der Waals surface area contributed by atoms with Crippen molar-refractivity contribution in [3.63, 3.8) is 0 Å². The molecule has 0 spiro atoms. The average Bonchev–Trinajstić information content (AvgIpc) is 2.87. The van der Waals surface area contributed by atoms with Crippen molar-refractivity contribution in [1.82, 2.24) is 10.3 Å². The van der Waals surface area contributed by atoms with Gasteiger partial charge in [-0.15, -0.1) is 11.3 Å². The van der Waals surface area contributed by atoms with E-state index >= 15 is 0 Å². The van der Waals surface area contributed by atoms with Crippen LogP contribution in [-0.2, 0) is 23.1 Å². The van der Waals surface area contributed by atoms with Gasteiger partial charge < -0.3 is 10.1 Å². The lowest BCUT2D eigenvalue weighted by molar-refractivity contribution is 0.160. The Bertz CT molecular complexity index is 356. The fourth-order valence-corrected chi connectivity index (χ4v) is 3.69. The van der Waals surface area contributed by atoms with Crippen LogP contribution in [-0.4, -0.2) is 25.2 Å². The molecule has 1 heterocycles. The SMILES string of the molecule is CCNC(C)(CCOC)c1nc2c(s1)CCC2. The smallest absolute Gasteiger partial charge is 0.113 e. The Balaban J connectivity index is 2.18. The average molecular weight is 254 g/mol. The number of nitrogens with one attached hydrogen (secondary N) is 1. The molecule has 0 aromatic carbocycles. The summed E-state index contributed by atoms with van der Waals surface area (Å²) in [7, 11) is 1.76. The molecule has 0 aliphatic heterocycles. The third kappa shape index (κ3) is 2.69. The molecule has 1 aromatic rings. The summed E-state index contributed by atoms with van der Waals surface area (Å²) in [6, 6.07) is 0. The van der Waals surface area contributed by atoms with Gasteiger partial charge in [-0.3, -0.25) is 0 Å². The molecule has 0 amide bonds. The molecule has 1 aromatic heterocycles. The minimum absolute atomic E-state index is 0.0280. The number of hydrogen-bond acceptors (Lipinski definition) is 4. The Morgan fingerprint density at radius 1 is 1.47 bits per heavy atom. The van der Waals surface area contributed by atoms with Crippen LogP contribution in [0.3, 0.4) is 0 Å². The van der Waals surface area contributed by atoms with Crippen LogP contribution in [0.4, 0.5) is 0 Å². The number of rotatable bonds is 6. The molecular formula is C13H22N2OS. The van der Waals surface area contributed by atoms with Gasteiger partial charge in [-0.05, 0) is 39.2 Å². The number of methoxy groups -OCH3 is 1. The standard InChI is InChI=1S/C13H22N2OS/c1-4-14-13(2,8-9-16-3)12-15-10-6-5-7-11(10)17-12/h14H,4-9H2,1-3H3. The highest BCUT2D eigenvalue weighted by Gasteiger charge is 2.31. The summed E-state index contributed by atoms with van der Waals surface area (Å²) in [6.07, 6.45) is 4.64. The molecule has 0 radical (unpaired) electrons. The van der Waals surface area contributed by atoms with Gasteiger partial charge in [0.15, 0.2) is 0 Å². The predicted octanol–water partition coefficient (Wildman–Crippen LogP) is 2.49. The summed E-state index contributed by atoms with van der Waals surface area (Å²) in [4.78, 5) is 6.34. The largest absolute Gasteiger partial charge is 0.385 e. The van der Waals surface area contributed by atoms with Gasteiger partial charge >= 0.3 is 0 Å². The van der Waals surface area contributed by atoms with Gasteiger partial charge in [0.2, 0.25) is 0 Å². The van der Waals surface area contributed by atoms with E-state index < -0.39 is 0 Å². The van der Waals surface area contributed by atoms with Crippen LogP contribution in [0, 0.1) is 0 Å². The van der Waals surface area contributed by atoms with Crippen molar-refractivity contribution >= 4 is 11.3 Å². The van der Waals surface area contributed by atoms with Crippen LogP contribution in [0.15, 0.2) is 0 Å².